The van der Waals surface area contributed by atoms with Gasteiger partial charge in [-0.25, -0.2) is 4.79 Å². The SMILES string of the molecule is CC=C(C)C(=O)O[C@@H]1C[C@]2(C)O[C@@H]2CC[C@@]2(C)O[C@@H]2[C@H](OC(C)=O)[C@H]1C(C)C. The van der Waals surface area contributed by atoms with E-state index in [1.165, 1.54) is 6.92 Å². The van der Waals surface area contributed by atoms with Gasteiger partial charge in [-0.3, -0.25) is 4.79 Å². The normalized spacial score (nSPS) is 42.9. The van der Waals surface area contributed by atoms with E-state index in [0.717, 1.165) is 12.8 Å². The fraction of sp³-hybridized carbons (Fsp3) is 0.818. The predicted octanol–water partition coefficient (Wildman–Crippen LogP) is 3.57. The van der Waals surface area contributed by atoms with Gasteiger partial charge < -0.3 is 18.9 Å². The minimum atomic E-state index is -0.454. The molecule has 0 N–H and O–H groups in total. The summed E-state index contributed by atoms with van der Waals surface area (Å²) in [6.45, 7) is 13.3. The molecule has 0 spiro atoms. The molecule has 0 bridgehead atoms. The lowest BCUT2D eigenvalue weighted by atomic mass is 9.76. The van der Waals surface area contributed by atoms with Crippen molar-refractivity contribution in [3.8, 4) is 0 Å². The van der Waals surface area contributed by atoms with Crippen molar-refractivity contribution in [1.82, 2.24) is 0 Å². The van der Waals surface area contributed by atoms with E-state index in [1.54, 1.807) is 13.0 Å². The van der Waals surface area contributed by atoms with Gasteiger partial charge in [0.25, 0.3) is 0 Å². The van der Waals surface area contributed by atoms with Crippen molar-refractivity contribution in [2.45, 2.75) is 103 Å². The summed E-state index contributed by atoms with van der Waals surface area (Å²) in [5.41, 5.74) is -0.0824. The third kappa shape index (κ3) is 4.13. The van der Waals surface area contributed by atoms with E-state index in [0.29, 0.717) is 12.0 Å². The molecule has 0 aromatic heterocycles. The van der Waals surface area contributed by atoms with E-state index in [1.807, 2.05) is 6.92 Å². The quantitative estimate of drug-likeness (QED) is 0.412. The van der Waals surface area contributed by atoms with Crippen molar-refractivity contribution < 1.29 is 28.5 Å². The van der Waals surface area contributed by atoms with Crippen LogP contribution in [0.4, 0.5) is 0 Å². The van der Waals surface area contributed by atoms with E-state index < -0.39 is 12.2 Å². The molecule has 28 heavy (non-hydrogen) atoms. The number of hydrogen-bond acceptors (Lipinski definition) is 6. The number of rotatable bonds is 4. The molecule has 3 aliphatic rings. The molecule has 3 fully saturated rings. The predicted molar refractivity (Wildman–Crippen MR) is 104 cm³/mol. The standard InChI is InChI=1S/C22H34O6/c1-8-13(4)20(24)26-15-11-22(7)16(27-22)9-10-21(6)19(28-21)18(25-14(5)23)17(15)12(2)3/h8,12,15-19H,9-11H2,1-7H3/t15-,16-,17+,18-,19-,21-,22+/m1/s1. The highest BCUT2D eigenvalue weighted by atomic mass is 16.6. The van der Waals surface area contributed by atoms with Crippen LogP contribution in [0.5, 0.6) is 0 Å². The lowest BCUT2D eigenvalue weighted by Gasteiger charge is -2.36. The molecule has 2 aliphatic heterocycles. The topological polar surface area (TPSA) is 77.7 Å². The van der Waals surface area contributed by atoms with Crippen LogP contribution in [0.25, 0.3) is 0 Å². The molecular formula is C22H34O6. The number of carbonyl (C=O) groups excluding carboxylic acids is 2. The first kappa shape index (κ1) is 21.3. The van der Waals surface area contributed by atoms with Crippen molar-refractivity contribution in [2.24, 2.45) is 11.8 Å². The summed E-state index contributed by atoms with van der Waals surface area (Å²) in [5.74, 6) is -0.727. The largest absolute Gasteiger partial charge is 0.459 e. The van der Waals surface area contributed by atoms with Crippen LogP contribution in [0.2, 0.25) is 0 Å². The fourth-order valence-electron chi connectivity index (χ4n) is 4.68. The first-order valence-electron chi connectivity index (χ1n) is 10.4. The molecule has 6 nitrogen and oxygen atoms in total. The van der Waals surface area contributed by atoms with Crippen LogP contribution in [0, 0.1) is 11.8 Å². The summed E-state index contributed by atoms with van der Waals surface area (Å²) in [5, 5.41) is 0. The van der Waals surface area contributed by atoms with Crippen LogP contribution in [0.1, 0.15) is 67.7 Å². The molecule has 0 aromatic rings. The van der Waals surface area contributed by atoms with Crippen LogP contribution in [-0.4, -0.2) is 47.6 Å². The van der Waals surface area contributed by atoms with Crippen molar-refractivity contribution in [1.29, 1.82) is 0 Å². The fourth-order valence-corrected chi connectivity index (χ4v) is 4.68. The van der Waals surface area contributed by atoms with Gasteiger partial charge in [-0.05, 0) is 46.5 Å². The molecule has 1 aliphatic carbocycles. The minimum Gasteiger partial charge on any atom is -0.459 e. The van der Waals surface area contributed by atoms with Gasteiger partial charge in [-0.1, -0.05) is 19.9 Å². The lowest BCUT2D eigenvalue weighted by molar-refractivity contribution is -0.163. The summed E-state index contributed by atoms with van der Waals surface area (Å²) < 4.78 is 23.9. The van der Waals surface area contributed by atoms with E-state index in [-0.39, 0.29) is 47.2 Å². The third-order valence-corrected chi connectivity index (χ3v) is 6.68. The Bertz CT molecular complexity index is 670. The maximum atomic E-state index is 12.6. The minimum absolute atomic E-state index is 0.127. The highest BCUT2D eigenvalue weighted by Gasteiger charge is 2.64. The first-order chi connectivity index (χ1) is 13.0. The number of fused-ring (bicyclic) bond motifs is 2. The Balaban J connectivity index is 1.96. The molecule has 2 heterocycles. The van der Waals surface area contributed by atoms with Crippen LogP contribution in [0.3, 0.4) is 0 Å². The van der Waals surface area contributed by atoms with Gasteiger partial charge in [0.15, 0.2) is 0 Å². The Morgan fingerprint density at radius 2 is 1.79 bits per heavy atom. The van der Waals surface area contributed by atoms with Crippen molar-refractivity contribution in [3.05, 3.63) is 11.6 Å². The van der Waals surface area contributed by atoms with Crippen LogP contribution in [-0.2, 0) is 28.5 Å². The van der Waals surface area contributed by atoms with E-state index in [9.17, 15) is 9.59 Å². The highest BCUT2D eigenvalue weighted by molar-refractivity contribution is 5.87. The van der Waals surface area contributed by atoms with Gasteiger partial charge >= 0.3 is 11.9 Å². The second kappa shape index (κ2) is 7.45. The monoisotopic (exact) mass is 394 g/mol. The number of epoxide rings is 2. The number of carbonyl (C=O) groups is 2. The van der Waals surface area contributed by atoms with Crippen molar-refractivity contribution >= 4 is 11.9 Å². The molecule has 6 heteroatoms. The molecule has 2 saturated heterocycles. The van der Waals surface area contributed by atoms with E-state index >= 15 is 0 Å². The molecule has 0 unspecified atom stereocenters. The van der Waals surface area contributed by atoms with Gasteiger partial charge in [0, 0.05) is 24.8 Å². The average Bonchev–Trinajstić information content (AvgIpc) is 3.45. The zero-order valence-corrected chi connectivity index (χ0v) is 18.1. The van der Waals surface area contributed by atoms with E-state index in [4.69, 9.17) is 18.9 Å². The summed E-state index contributed by atoms with van der Waals surface area (Å²) in [4.78, 5) is 24.5. The number of allylic oxidation sites excluding steroid dienone is 1. The molecule has 0 aromatic carbocycles. The first-order valence-corrected chi connectivity index (χ1v) is 10.4. The van der Waals surface area contributed by atoms with Crippen LogP contribution in [0.15, 0.2) is 11.6 Å². The molecule has 158 valence electrons. The van der Waals surface area contributed by atoms with Gasteiger partial charge in [-0.2, -0.15) is 0 Å². The molecule has 7 atom stereocenters. The smallest absolute Gasteiger partial charge is 0.333 e. The summed E-state index contributed by atoms with van der Waals surface area (Å²) in [7, 11) is 0. The molecule has 0 radical (unpaired) electrons. The summed E-state index contributed by atoms with van der Waals surface area (Å²) in [6, 6.07) is 0. The second-order valence-corrected chi connectivity index (χ2v) is 9.32. The Morgan fingerprint density at radius 3 is 2.36 bits per heavy atom. The zero-order valence-electron chi connectivity index (χ0n) is 18.1. The van der Waals surface area contributed by atoms with Gasteiger partial charge in [0.05, 0.1) is 17.3 Å². The number of ether oxygens (including phenoxy) is 4. The maximum Gasteiger partial charge on any atom is 0.333 e. The molecule has 0 amide bonds. The number of esters is 2. The Kier molecular flexibility index (Phi) is 5.67. The Morgan fingerprint density at radius 1 is 1.11 bits per heavy atom. The van der Waals surface area contributed by atoms with Crippen molar-refractivity contribution in [3.63, 3.8) is 0 Å². The van der Waals surface area contributed by atoms with Gasteiger partial charge in [0.2, 0.25) is 0 Å². The van der Waals surface area contributed by atoms with Crippen molar-refractivity contribution in [2.75, 3.05) is 0 Å². The van der Waals surface area contributed by atoms with Gasteiger partial charge in [0.1, 0.15) is 18.3 Å². The Hall–Kier alpha value is -1.40. The van der Waals surface area contributed by atoms with Crippen LogP contribution >= 0.6 is 0 Å². The number of hydrogen-bond donors (Lipinski definition) is 0. The Labute approximate surface area is 167 Å². The van der Waals surface area contributed by atoms with E-state index in [2.05, 4.69) is 27.7 Å². The third-order valence-electron chi connectivity index (χ3n) is 6.68. The van der Waals surface area contributed by atoms with Crippen LogP contribution < -0.4 is 0 Å². The highest BCUT2D eigenvalue weighted by Crippen LogP contribution is 2.53. The molecular weight excluding hydrogens is 360 g/mol. The average molecular weight is 395 g/mol. The molecule has 1 saturated carbocycles. The maximum absolute atomic E-state index is 12.6. The van der Waals surface area contributed by atoms with Gasteiger partial charge in [-0.15, -0.1) is 0 Å². The lowest BCUT2D eigenvalue weighted by Crippen LogP contribution is -2.47. The summed E-state index contributed by atoms with van der Waals surface area (Å²) in [6.07, 6.45) is 3.17. The summed E-state index contributed by atoms with van der Waals surface area (Å²) >= 11 is 0. The zero-order chi connectivity index (χ0) is 20.9. The second-order valence-electron chi connectivity index (χ2n) is 9.32. The molecule has 3 rings (SSSR count).